The van der Waals surface area contributed by atoms with E-state index in [0.29, 0.717) is 12.1 Å². The molecular weight excluding hydrogens is 232 g/mol. The molecule has 1 aliphatic heterocycles. The Labute approximate surface area is 108 Å². The topological polar surface area (TPSA) is 44.0 Å². The molecule has 0 aromatic carbocycles. The second kappa shape index (κ2) is 5.04. The molecule has 0 amide bonds. The zero-order valence-corrected chi connectivity index (χ0v) is 11.5. The van der Waals surface area contributed by atoms with Gasteiger partial charge in [0.2, 0.25) is 0 Å². The summed E-state index contributed by atoms with van der Waals surface area (Å²) in [4.78, 5) is 9.92. The minimum absolute atomic E-state index is 0.309. The number of hydrogen-bond acceptors (Lipinski definition) is 2. The third kappa shape index (κ3) is 2.44. The molecule has 1 atom stereocenters. The van der Waals surface area contributed by atoms with Gasteiger partial charge >= 0.3 is 0 Å². The first-order chi connectivity index (χ1) is 8.13. The molecule has 0 aliphatic carbocycles. The van der Waals surface area contributed by atoms with Crippen molar-refractivity contribution in [2.75, 3.05) is 6.54 Å². The summed E-state index contributed by atoms with van der Waals surface area (Å²) in [6, 6.07) is 0.685. The monoisotopic (exact) mass is 252 g/mol. The predicted molar refractivity (Wildman–Crippen MR) is 72.9 cm³/mol. The quantitative estimate of drug-likeness (QED) is 0.790. The van der Waals surface area contributed by atoms with Crippen LogP contribution in [0.25, 0.3) is 0 Å². The number of aromatic amines is 1. The Hall–Kier alpha value is -1.10. The summed E-state index contributed by atoms with van der Waals surface area (Å²) in [6.07, 6.45) is 3.80. The van der Waals surface area contributed by atoms with Crippen LogP contribution < -0.4 is 5.32 Å². The zero-order chi connectivity index (χ0) is 12.4. The van der Waals surface area contributed by atoms with Crippen molar-refractivity contribution in [1.82, 2.24) is 20.2 Å². The fourth-order valence-electron chi connectivity index (χ4n) is 2.34. The van der Waals surface area contributed by atoms with E-state index >= 15 is 0 Å². The summed E-state index contributed by atoms with van der Waals surface area (Å²) in [5, 5.41) is 4.17. The van der Waals surface area contributed by atoms with E-state index in [1.165, 1.54) is 5.69 Å². The number of rotatable bonds is 2. The van der Waals surface area contributed by atoms with E-state index in [1.807, 2.05) is 0 Å². The summed E-state index contributed by atoms with van der Waals surface area (Å²) >= 11 is 5.47. The van der Waals surface area contributed by atoms with Crippen molar-refractivity contribution >= 4 is 17.3 Å². The molecule has 1 aliphatic rings. The van der Waals surface area contributed by atoms with Crippen LogP contribution in [0.3, 0.4) is 0 Å². The Balaban J connectivity index is 2.17. The fourth-order valence-corrected chi connectivity index (χ4v) is 2.80. The lowest BCUT2D eigenvalue weighted by Crippen LogP contribution is -2.47. The summed E-state index contributed by atoms with van der Waals surface area (Å²) in [6.45, 7) is 7.36. The first-order valence-corrected chi connectivity index (χ1v) is 6.63. The maximum atomic E-state index is 5.47. The highest BCUT2D eigenvalue weighted by molar-refractivity contribution is 7.80. The van der Waals surface area contributed by atoms with Gasteiger partial charge < -0.3 is 15.2 Å². The molecule has 0 bridgehead atoms. The second-order valence-electron chi connectivity index (χ2n) is 4.74. The Kier molecular flexibility index (Phi) is 3.66. The van der Waals surface area contributed by atoms with E-state index in [4.69, 9.17) is 12.2 Å². The van der Waals surface area contributed by atoms with Crippen LogP contribution in [0.1, 0.15) is 44.6 Å². The number of H-pyrrole nitrogens is 1. The van der Waals surface area contributed by atoms with Gasteiger partial charge in [-0.05, 0) is 32.5 Å². The molecule has 0 fully saturated rings. The number of imidazole rings is 1. The molecule has 1 aromatic rings. The molecule has 0 saturated carbocycles. The summed E-state index contributed by atoms with van der Waals surface area (Å²) in [5.74, 6) is 0. The van der Waals surface area contributed by atoms with Crippen LogP contribution in [0.2, 0.25) is 0 Å². The summed E-state index contributed by atoms with van der Waals surface area (Å²) in [5.41, 5.74) is 2.42. The molecule has 0 spiro atoms. The Morgan fingerprint density at radius 3 is 3.12 bits per heavy atom. The van der Waals surface area contributed by atoms with Gasteiger partial charge in [0.15, 0.2) is 5.11 Å². The van der Waals surface area contributed by atoms with Gasteiger partial charge in [0.05, 0.1) is 18.1 Å². The van der Waals surface area contributed by atoms with E-state index < -0.39 is 0 Å². The van der Waals surface area contributed by atoms with Gasteiger partial charge in [-0.25, -0.2) is 4.98 Å². The summed E-state index contributed by atoms with van der Waals surface area (Å²) < 4.78 is 0. The number of hydrogen-bond donors (Lipinski definition) is 2. The van der Waals surface area contributed by atoms with Crippen LogP contribution in [0.5, 0.6) is 0 Å². The van der Waals surface area contributed by atoms with Gasteiger partial charge in [-0.1, -0.05) is 6.92 Å². The standard InChI is InChI=1S/C12H20N4S/c1-4-10-11-9(13-7-14-11)5-6-16(10)12(17)15-8(2)3/h7-8,10H,4-6H2,1-3H3,(H,13,14)(H,15,17). The van der Waals surface area contributed by atoms with E-state index in [2.05, 4.69) is 41.0 Å². The first-order valence-electron chi connectivity index (χ1n) is 6.22. The molecule has 1 aromatic heterocycles. The second-order valence-corrected chi connectivity index (χ2v) is 5.12. The molecule has 2 N–H and O–H groups in total. The van der Waals surface area contributed by atoms with E-state index in [1.54, 1.807) is 6.33 Å². The van der Waals surface area contributed by atoms with Gasteiger partial charge in [-0.15, -0.1) is 0 Å². The fraction of sp³-hybridized carbons (Fsp3) is 0.667. The number of nitrogens with zero attached hydrogens (tertiary/aromatic N) is 2. The normalized spacial score (nSPS) is 19.3. The highest BCUT2D eigenvalue weighted by Gasteiger charge is 2.29. The smallest absolute Gasteiger partial charge is 0.169 e. The van der Waals surface area contributed by atoms with Crippen LogP contribution in [0, 0.1) is 0 Å². The van der Waals surface area contributed by atoms with Crippen molar-refractivity contribution in [2.45, 2.75) is 45.7 Å². The Bertz CT molecular complexity index is 399. The molecule has 0 radical (unpaired) electrons. The Morgan fingerprint density at radius 1 is 1.71 bits per heavy atom. The van der Waals surface area contributed by atoms with Crippen molar-refractivity contribution in [2.24, 2.45) is 0 Å². The van der Waals surface area contributed by atoms with Gasteiger partial charge in [-0.2, -0.15) is 0 Å². The van der Waals surface area contributed by atoms with Gasteiger partial charge in [0.25, 0.3) is 0 Å². The van der Waals surface area contributed by atoms with Gasteiger partial charge in [-0.3, -0.25) is 0 Å². The number of aromatic nitrogens is 2. The third-order valence-electron chi connectivity index (χ3n) is 3.11. The predicted octanol–water partition coefficient (Wildman–Crippen LogP) is 2.00. The average Bonchev–Trinajstić information content (AvgIpc) is 2.74. The molecule has 17 heavy (non-hydrogen) atoms. The molecule has 1 unspecified atom stereocenters. The van der Waals surface area contributed by atoms with Gasteiger partial charge in [0, 0.05) is 24.7 Å². The minimum Gasteiger partial charge on any atom is -0.360 e. The number of fused-ring (bicyclic) bond motifs is 1. The lowest BCUT2D eigenvalue weighted by atomic mass is 10.0. The van der Waals surface area contributed by atoms with Crippen molar-refractivity contribution in [1.29, 1.82) is 0 Å². The SMILES string of the molecule is CCC1c2nc[nH]c2CCN1C(=S)NC(C)C. The van der Waals surface area contributed by atoms with E-state index in [9.17, 15) is 0 Å². The lowest BCUT2D eigenvalue weighted by Gasteiger charge is -2.37. The minimum atomic E-state index is 0.309. The highest BCUT2D eigenvalue weighted by atomic mass is 32.1. The van der Waals surface area contributed by atoms with Crippen LogP contribution in [-0.4, -0.2) is 32.6 Å². The molecule has 94 valence electrons. The van der Waals surface area contributed by atoms with Crippen LogP contribution in [0.15, 0.2) is 6.33 Å². The average molecular weight is 252 g/mol. The van der Waals surface area contributed by atoms with E-state index in [-0.39, 0.29) is 0 Å². The molecule has 5 heteroatoms. The molecule has 0 saturated heterocycles. The lowest BCUT2D eigenvalue weighted by molar-refractivity contribution is 0.279. The Morgan fingerprint density at radius 2 is 2.47 bits per heavy atom. The number of thiocarbonyl (C=S) groups is 1. The summed E-state index contributed by atoms with van der Waals surface area (Å²) in [7, 11) is 0. The van der Waals surface area contributed by atoms with Crippen LogP contribution in [-0.2, 0) is 6.42 Å². The van der Waals surface area contributed by atoms with Crippen LogP contribution in [0.4, 0.5) is 0 Å². The van der Waals surface area contributed by atoms with Gasteiger partial charge in [0.1, 0.15) is 0 Å². The third-order valence-corrected chi connectivity index (χ3v) is 3.46. The zero-order valence-electron chi connectivity index (χ0n) is 10.7. The van der Waals surface area contributed by atoms with E-state index in [0.717, 1.165) is 30.2 Å². The molecule has 2 heterocycles. The maximum Gasteiger partial charge on any atom is 0.169 e. The van der Waals surface area contributed by atoms with Crippen molar-refractivity contribution in [3.8, 4) is 0 Å². The van der Waals surface area contributed by atoms with Crippen molar-refractivity contribution in [3.63, 3.8) is 0 Å². The molecule has 4 nitrogen and oxygen atoms in total. The molecule has 2 rings (SSSR count). The molecular formula is C12H20N4S. The first kappa shape index (κ1) is 12.4. The van der Waals surface area contributed by atoms with Crippen LogP contribution >= 0.6 is 12.2 Å². The largest absolute Gasteiger partial charge is 0.360 e. The maximum absolute atomic E-state index is 5.47. The highest BCUT2D eigenvalue weighted by Crippen LogP contribution is 2.29. The number of nitrogens with one attached hydrogen (secondary N) is 2. The van der Waals surface area contributed by atoms with Crippen molar-refractivity contribution < 1.29 is 0 Å². The van der Waals surface area contributed by atoms with Crippen molar-refractivity contribution in [3.05, 3.63) is 17.7 Å².